The maximum Gasteiger partial charge on any atom is 0.140 e. The summed E-state index contributed by atoms with van der Waals surface area (Å²) in [5.74, 6) is 1.63. The van der Waals surface area contributed by atoms with Gasteiger partial charge in [0.25, 0.3) is 0 Å². The van der Waals surface area contributed by atoms with Crippen molar-refractivity contribution in [2.24, 2.45) is 11.8 Å². The van der Waals surface area contributed by atoms with Crippen molar-refractivity contribution in [3.8, 4) is 0 Å². The van der Waals surface area contributed by atoms with E-state index in [1.54, 1.807) is 0 Å². The van der Waals surface area contributed by atoms with Gasteiger partial charge in [0.1, 0.15) is 5.78 Å². The predicted octanol–water partition coefficient (Wildman–Crippen LogP) is 5.17. The second-order valence-electron chi connectivity index (χ2n) is 5.78. The Morgan fingerprint density at radius 2 is 2.00 bits per heavy atom. The molecule has 2 rings (SSSR count). The minimum atomic E-state index is 0.312. The van der Waals surface area contributed by atoms with Gasteiger partial charge in [0.05, 0.1) is 0 Å². The van der Waals surface area contributed by atoms with Gasteiger partial charge in [0.2, 0.25) is 0 Å². The van der Waals surface area contributed by atoms with Gasteiger partial charge >= 0.3 is 0 Å². The SMILES string of the molecule is CCCC1CCC(C(=O)Cc2cccc(Br)c2)CC1. The molecule has 1 aromatic rings. The van der Waals surface area contributed by atoms with Crippen molar-refractivity contribution in [3.05, 3.63) is 34.3 Å². The maximum atomic E-state index is 12.3. The Morgan fingerprint density at radius 1 is 1.26 bits per heavy atom. The van der Waals surface area contributed by atoms with Crippen LogP contribution in [0.4, 0.5) is 0 Å². The number of hydrogen-bond donors (Lipinski definition) is 0. The minimum absolute atomic E-state index is 0.312. The van der Waals surface area contributed by atoms with E-state index in [4.69, 9.17) is 0 Å². The van der Waals surface area contributed by atoms with Crippen LogP contribution in [0.2, 0.25) is 0 Å². The van der Waals surface area contributed by atoms with Gasteiger partial charge in [-0.15, -0.1) is 0 Å². The number of benzene rings is 1. The Hall–Kier alpha value is -0.630. The zero-order valence-electron chi connectivity index (χ0n) is 11.7. The lowest BCUT2D eigenvalue weighted by molar-refractivity contribution is -0.123. The summed E-state index contributed by atoms with van der Waals surface area (Å²) in [6.07, 6.45) is 7.94. The number of Topliss-reactive ketones (excluding diaryl/α,β-unsaturated/α-hetero) is 1. The van der Waals surface area contributed by atoms with E-state index in [2.05, 4.69) is 28.9 Å². The van der Waals surface area contributed by atoms with Crippen LogP contribution in [0, 0.1) is 11.8 Å². The predicted molar refractivity (Wildman–Crippen MR) is 83.2 cm³/mol. The Bertz CT molecular complexity index is 419. The van der Waals surface area contributed by atoms with Gasteiger partial charge < -0.3 is 0 Å². The monoisotopic (exact) mass is 322 g/mol. The molecule has 0 bridgehead atoms. The van der Waals surface area contributed by atoms with Gasteiger partial charge in [0, 0.05) is 16.8 Å². The fourth-order valence-corrected chi connectivity index (χ4v) is 3.62. The van der Waals surface area contributed by atoms with Crippen molar-refractivity contribution in [1.29, 1.82) is 0 Å². The van der Waals surface area contributed by atoms with Gasteiger partial charge in [-0.05, 0) is 49.3 Å². The summed E-state index contributed by atoms with van der Waals surface area (Å²) in [5, 5.41) is 0. The number of carbonyl (C=O) groups excluding carboxylic acids is 1. The molecule has 0 unspecified atom stereocenters. The van der Waals surface area contributed by atoms with Crippen molar-refractivity contribution in [3.63, 3.8) is 0 Å². The summed E-state index contributed by atoms with van der Waals surface area (Å²) in [6.45, 7) is 2.25. The molecule has 0 aliphatic heterocycles. The number of hydrogen-bond acceptors (Lipinski definition) is 1. The van der Waals surface area contributed by atoms with Crippen molar-refractivity contribution in [2.45, 2.75) is 51.9 Å². The summed E-state index contributed by atoms with van der Waals surface area (Å²) in [6, 6.07) is 8.11. The van der Waals surface area contributed by atoms with Crippen LogP contribution in [-0.2, 0) is 11.2 Å². The molecule has 1 fully saturated rings. The molecule has 0 heterocycles. The van der Waals surface area contributed by atoms with E-state index in [9.17, 15) is 4.79 Å². The molecular weight excluding hydrogens is 300 g/mol. The Labute approximate surface area is 124 Å². The number of ketones is 1. The standard InChI is InChI=1S/C17H23BrO/c1-2-4-13-7-9-15(10-8-13)17(19)12-14-5-3-6-16(18)11-14/h3,5-6,11,13,15H,2,4,7-10,12H2,1H3. The fraction of sp³-hybridized carbons (Fsp3) is 0.588. The van der Waals surface area contributed by atoms with Crippen LogP contribution >= 0.6 is 15.9 Å². The lowest BCUT2D eigenvalue weighted by atomic mass is 9.77. The third-order valence-electron chi connectivity index (χ3n) is 4.27. The van der Waals surface area contributed by atoms with Crippen LogP contribution in [0.25, 0.3) is 0 Å². The quantitative estimate of drug-likeness (QED) is 0.731. The summed E-state index contributed by atoms with van der Waals surface area (Å²) in [7, 11) is 0. The van der Waals surface area contributed by atoms with Gasteiger partial charge in [-0.3, -0.25) is 4.79 Å². The average Bonchev–Trinajstić information content (AvgIpc) is 2.40. The number of halogens is 1. The molecule has 0 saturated heterocycles. The summed E-state index contributed by atoms with van der Waals surface area (Å²) in [5.41, 5.74) is 1.13. The molecule has 0 amide bonds. The van der Waals surface area contributed by atoms with Crippen LogP contribution in [0.1, 0.15) is 51.0 Å². The Morgan fingerprint density at radius 3 is 2.63 bits per heavy atom. The van der Waals surface area contributed by atoms with E-state index in [1.807, 2.05) is 18.2 Å². The van der Waals surface area contributed by atoms with Crippen LogP contribution in [0.3, 0.4) is 0 Å². The van der Waals surface area contributed by atoms with Gasteiger partial charge in [0.15, 0.2) is 0 Å². The highest BCUT2D eigenvalue weighted by Gasteiger charge is 2.25. The first-order valence-corrected chi connectivity index (χ1v) is 8.25. The van der Waals surface area contributed by atoms with Gasteiger partial charge in [-0.2, -0.15) is 0 Å². The smallest absolute Gasteiger partial charge is 0.140 e. The lowest BCUT2D eigenvalue weighted by Gasteiger charge is -2.27. The molecule has 1 nitrogen and oxygen atoms in total. The molecular formula is C17H23BrO. The summed E-state index contributed by atoms with van der Waals surface area (Å²) >= 11 is 3.46. The molecule has 1 aliphatic rings. The van der Waals surface area contributed by atoms with Crippen LogP contribution in [0.15, 0.2) is 28.7 Å². The highest BCUT2D eigenvalue weighted by Crippen LogP contribution is 2.32. The highest BCUT2D eigenvalue weighted by atomic mass is 79.9. The zero-order chi connectivity index (χ0) is 13.7. The minimum Gasteiger partial charge on any atom is -0.299 e. The van der Waals surface area contributed by atoms with Crippen LogP contribution in [0.5, 0.6) is 0 Å². The number of rotatable bonds is 5. The first-order chi connectivity index (χ1) is 9.19. The third-order valence-corrected chi connectivity index (χ3v) is 4.76. The van der Waals surface area contributed by atoms with Crippen molar-refractivity contribution in [1.82, 2.24) is 0 Å². The summed E-state index contributed by atoms with van der Waals surface area (Å²) < 4.78 is 1.06. The van der Waals surface area contributed by atoms with Crippen molar-refractivity contribution >= 4 is 21.7 Å². The first kappa shape index (κ1) is 14.8. The molecule has 0 aromatic heterocycles. The zero-order valence-corrected chi connectivity index (χ0v) is 13.3. The fourth-order valence-electron chi connectivity index (χ4n) is 3.17. The Kier molecular flexibility index (Phi) is 5.62. The highest BCUT2D eigenvalue weighted by molar-refractivity contribution is 9.10. The van der Waals surface area contributed by atoms with E-state index in [1.165, 1.54) is 25.7 Å². The number of carbonyl (C=O) groups is 1. The topological polar surface area (TPSA) is 17.1 Å². The van der Waals surface area contributed by atoms with E-state index in [-0.39, 0.29) is 0 Å². The summed E-state index contributed by atoms with van der Waals surface area (Å²) in [4.78, 5) is 12.3. The van der Waals surface area contributed by atoms with E-state index in [0.717, 1.165) is 28.8 Å². The molecule has 0 spiro atoms. The van der Waals surface area contributed by atoms with Gasteiger partial charge in [-0.25, -0.2) is 0 Å². The molecule has 19 heavy (non-hydrogen) atoms. The van der Waals surface area contributed by atoms with Crippen LogP contribution < -0.4 is 0 Å². The largest absolute Gasteiger partial charge is 0.299 e. The second kappa shape index (κ2) is 7.23. The molecule has 104 valence electrons. The van der Waals surface area contributed by atoms with Gasteiger partial charge in [-0.1, -0.05) is 47.8 Å². The second-order valence-corrected chi connectivity index (χ2v) is 6.70. The lowest BCUT2D eigenvalue weighted by Crippen LogP contribution is -2.23. The van der Waals surface area contributed by atoms with E-state index >= 15 is 0 Å². The third kappa shape index (κ3) is 4.45. The molecule has 0 atom stereocenters. The Balaban J connectivity index is 1.84. The normalized spacial score (nSPS) is 23.3. The maximum absolute atomic E-state index is 12.3. The van der Waals surface area contributed by atoms with Crippen molar-refractivity contribution in [2.75, 3.05) is 0 Å². The molecule has 0 radical (unpaired) electrons. The molecule has 1 aromatic carbocycles. The average molecular weight is 323 g/mol. The molecule has 1 saturated carbocycles. The first-order valence-electron chi connectivity index (χ1n) is 7.46. The molecule has 2 heteroatoms. The van der Waals surface area contributed by atoms with E-state index < -0.39 is 0 Å². The van der Waals surface area contributed by atoms with Crippen molar-refractivity contribution < 1.29 is 4.79 Å². The van der Waals surface area contributed by atoms with E-state index in [0.29, 0.717) is 18.1 Å². The molecule has 0 N–H and O–H groups in total. The van der Waals surface area contributed by atoms with Crippen LogP contribution in [-0.4, -0.2) is 5.78 Å². The molecule has 1 aliphatic carbocycles.